The van der Waals surface area contributed by atoms with Crippen LogP contribution in [0.3, 0.4) is 0 Å². The van der Waals surface area contributed by atoms with E-state index in [0.29, 0.717) is 38.7 Å². The minimum atomic E-state index is -0.771. The van der Waals surface area contributed by atoms with Gasteiger partial charge >= 0.3 is 0 Å². The Morgan fingerprint density at radius 3 is 1.81 bits per heavy atom. The van der Waals surface area contributed by atoms with Gasteiger partial charge in [-0.3, -0.25) is 0 Å². The van der Waals surface area contributed by atoms with Crippen LogP contribution in [0.4, 0.5) is 17.6 Å². The fraction of sp³-hybridized carbons (Fsp3) is 0.889. The fourth-order valence-electron chi connectivity index (χ4n) is 8.40. The van der Waals surface area contributed by atoms with Crippen molar-refractivity contribution < 1.29 is 32.1 Å². The lowest BCUT2D eigenvalue weighted by atomic mass is 9.67. The number of aliphatic hydroxyl groups excluding tert-OH is 1. The molecule has 0 heterocycles. The summed E-state index contributed by atoms with van der Waals surface area (Å²) in [5, 5.41) is 10.9. The van der Waals surface area contributed by atoms with Gasteiger partial charge in [-0.25, -0.2) is 17.6 Å². The van der Waals surface area contributed by atoms with E-state index in [1.54, 1.807) is 0 Å². The summed E-state index contributed by atoms with van der Waals surface area (Å²) in [5.74, 6) is -3.17. The van der Waals surface area contributed by atoms with Crippen LogP contribution in [0.5, 0.6) is 0 Å². The first kappa shape index (κ1) is 34.9. The van der Waals surface area contributed by atoms with Crippen molar-refractivity contribution in [2.45, 2.75) is 154 Å². The molecule has 7 heteroatoms. The molecular weight excluding hydrogens is 556 g/mol. The zero-order chi connectivity index (χ0) is 30.8. The van der Waals surface area contributed by atoms with Crippen LogP contribution in [0, 0.1) is 35.5 Å². The predicted molar refractivity (Wildman–Crippen MR) is 164 cm³/mol. The monoisotopic (exact) mass is 614 g/mol. The summed E-state index contributed by atoms with van der Waals surface area (Å²) in [4.78, 5) is 0. The lowest BCUT2D eigenvalue weighted by molar-refractivity contribution is 0.00759. The number of hydrogen-bond donors (Lipinski definition) is 1. The van der Waals surface area contributed by atoms with Gasteiger partial charge in [-0.1, -0.05) is 33.1 Å². The molecule has 0 bridgehead atoms. The maximum Gasteiger partial charge on any atom is 0.160 e. The van der Waals surface area contributed by atoms with Crippen molar-refractivity contribution in [3.05, 3.63) is 23.3 Å². The van der Waals surface area contributed by atoms with Crippen molar-refractivity contribution in [1.29, 1.82) is 0 Å². The average molecular weight is 615 g/mol. The number of hydrogen-bond acceptors (Lipinski definition) is 3. The highest BCUT2D eigenvalue weighted by Gasteiger charge is 2.41. The summed E-state index contributed by atoms with van der Waals surface area (Å²) in [6, 6.07) is 0. The molecule has 0 aromatic carbocycles. The molecule has 0 aromatic rings. The van der Waals surface area contributed by atoms with E-state index in [-0.39, 0.29) is 35.7 Å². The number of allylic oxidation sites excluding steroid dienone is 3. The van der Waals surface area contributed by atoms with Crippen molar-refractivity contribution in [1.82, 2.24) is 0 Å². The number of rotatable bonds is 15. The summed E-state index contributed by atoms with van der Waals surface area (Å²) >= 11 is 0. The highest BCUT2D eigenvalue weighted by atomic mass is 19.2. The van der Waals surface area contributed by atoms with E-state index in [9.17, 15) is 13.9 Å². The molecule has 4 aliphatic rings. The maximum absolute atomic E-state index is 15.4. The standard InChI is InChI=1S/C36H58F4O3/c1-3-5-7-23-43-32-21-15-27(33(37)36(32)40)14-20-31(41)26-10-8-24(9-11-26)29-18-19-30(35(39)34(29)38)25-12-16-28(17-13-25)42-22-6-4-2/h24-32,41H,3-23H2,1-2H3/t24?,25?,26?,27-,28?,29-,30+,31+,32+/m1/s1. The molecule has 0 spiro atoms. The van der Waals surface area contributed by atoms with Crippen molar-refractivity contribution in [2.24, 2.45) is 35.5 Å². The van der Waals surface area contributed by atoms with Gasteiger partial charge in [-0.05, 0) is 120 Å². The maximum atomic E-state index is 15.4. The Morgan fingerprint density at radius 1 is 0.628 bits per heavy atom. The predicted octanol–water partition coefficient (Wildman–Crippen LogP) is 10.6. The zero-order valence-corrected chi connectivity index (χ0v) is 26.8. The summed E-state index contributed by atoms with van der Waals surface area (Å²) in [7, 11) is 0. The van der Waals surface area contributed by atoms with E-state index in [1.807, 2.05) is 0 Å². The van der Waals surface area contributed by atoms with Gasteiger partial charge in [-0.2, -0.15) is 0 Å². The molecule has 2 fully saturated rings. The van der Waals surface area contributed by atoms with Crippen molar-refractivity contribution in [2.75, 3.05) is 13.2 Å². The van der Waals surface area contributed by atoms with Crippen molar-refractivity contribution >= 4 is 0 Å². The largest absolute Gasteiger partial charge is 0.393 e. The van der Waals surface area contributed by atoms with Crippen LogP contribution in [0.25, 0.3) is 0 Å². The molecule has 4 aliphatic carbocycles. The molecule has 248 valence electrons. The number of aliphatic hydroxyl groups is 1. The molecule has 4 rings (SSSR count). The molecule has 2 saturated carbocycles. The second-order valence-corrected chi connectivity index (χ2v) is 14.1. The molecule has 43 heavy (non-hydrogen) atoms. The molecule has 0 aliphatic heterocycles. The zero-order valence-electron chi connectivity index (χ0n) is 26.8. The van der Waals surface area contributed by atoms with Crippen LogP contribution in [-0.2, 0) is 9.47 Å². The van der Waals surface area contributed by atoms with Gasteiger partial charge in [0.25, 0.3) is 0 Å². The molecule has 0 aromatic heterocycles. The van der Waals surface area contributed by atoms with Crippen molar-refractivity contribution in [3.8, 4) is 0 Å². The Balaban J connectivity index is 1.19. The van der Waals surface area contributed by atoms with Crippen LogP contribution in [0.1, 0.15) is 136 Å². The molecule has 3 nitrogen and oxygen atoms in total. The Morgan fingerprint density at radius 2 is 1.21 bits per heavy atom. The molecule has 0 unspecified atom stereocenters. The summed E-state index contributed by atoms with van der Waals surface area (Å²) < 4.78 is 71.8. The molecule has 5 atom stereocenters. The quantitative estimate of drug-likeness (QED) is 0.147. The van der Waals surface area contributed by atoms with Gasteiger partial charge in [0.1, 0.15) is 23.6 Å². The molecule has 0 amide bonds. The van der Waals surface area contributed by atoms with Crippen LogP contribution >= 0.6 is 0 Å². The molecule has 0 radical (unpaired) electrons. The van der Waals surface area contributed by atoms with Crippen LogP contribution < -0.4 is 0 Å². The minimum Gasteiger partial charge on any atom is -0.393 e. The first-order valence-electron chi connectivity index (χ1n) is 17.8. The molecular formula is C36H58F4O3. The van der Waals surface area contributed by atoms with E-state index in [0.717, 1.165) is 96.5 Å². The minimum absolute atomic E-state index is 0.0781. The first-order chi connectivity index (χ1) is 20.8. The summed E-state index contributed by atoms with van der Waals surface area (Å²) in [5.41, 5.74) is 0. The van der Waals surface area contributed by atoms with E-state index < -0.39 is 41.4 Å². The second-order valence-electron chi connectivity index (χ2n) is 14.1. The van der Waals surface area contributed by atoms with E-state index in [1.165, 1.54) is 0 Å². The summed E-state index contributed by atoms with van der Waals surface area (Å²) in [6.45, 7) is 5.49. The van der Waals surface area contributed by atoms with Gasteiger partial charge in [0.15, 0.2) is 5.83 Å². The lowest BCUT2D eigenvalue weighted by Crippen LogP contribution is -2.33. The van der Waals surface area contributed by atoms with E-state index in [2.05, 4.69) is 13.8 Å². The van der Waals surface area contributed by atoms with Gasteiger partial charge in [0, 0.05) is 31.0 Å². The number of ether oxygens (including phenoxy) is 2. The highest BCUT2D eigenvalue weighted by molar-refractivity contribution is 5.15. The lowest BCUT2D eigenvalue weighted by Gasteiger charge is -2.40. The Hall–Kier alpha value is -0.920. The topological polar surface area (TPSA) is 38.7 Å². The third-order valence-corrected chi connectivity index (χ3v) is 11.3. The Bertz CT molecular complexity index is 891. The highest BCUT2D eigenvalue weighted by Crippen LogP contribution is 2.49. The number of halogens is 4. The Labute approximate surface area is 258 Å². The van der Waals surface area contributed by atoms with Crippen LogP contribution in [-0.4, -0.2) is 36.6 Å². The van der Waals surface area contributed by atoms with Crippen molar-refractivity contribution in [3.63, 3.8) is 0 Å². The van der Waals surface area contributed by atoms with E-state index in [4.69, 9.17) is 9.47 Å². The molecule has 0 saturated heterocycles. The van der Waals surface area contributed by atoms with Crippen LogP contribution in [0.2, 0.25) is 0 Å². The first-order valence-corrected chi connectivity index (χ1v) is 17.8. The average Bonchev–Trinajstić information content (AvgIpc) is 3.02. The second kappa shape index (κ2) is 17.7. The van der Waals surface area contributed by atoms with Gasteiger partial charge in [0.05, 0.1) is 12.2 Å². The number of unbranched alkanes of at least 4 members (excludes halogenated alkanes) is 3. The van der Waals surface area contributed by atoms with Gasteiger partial charge < -0.3 is 14.6 Å². The SMILES string of the molecule is CCCCCO[C@H]1CC[C@@H](CC[C@H](O)C2CCC([C@H]3CC[C@@H](C4CCC(OCCCC)CC4)C(F)=C3F)CC2)C(F)=C1F. The third-order valence-electron chi connectivity index (χ3n) is 11.3. The van der Waals surface area contributed by atoms with E-state index >= 15 is 8.78 Å². The summed E-state index contributed by atoms with van der Waals surface area (Å²) in [6.07, 6.45) is 14.2. The molecule has 1 N–H and O–H groups in total. The van der Waals surface area contributed by atoms with Crippen LogP contribution in [0.15, 0.2) is 23.3 Å². The van der Waals surface area contributed by atoms with Gasteiger partial charge in [-0.15, -0.1) is 0 Å². The van der Waals surface area contributed by atoms with Gasteiger partial charge in [0.2, 0.25) is 0 Å². The third kappa shape index (κ3) is 9.54. The Kier molecular flexibility index (Phi) is 14.4. The smallest absolute Gasteiger partial charge is 0.160 e. The fourth-order valence-corrected chi connectivity index (χ4v) is 8.40. The normalized spacial score (nSPS) is 35.0.